The van der Waals surface area contributed by atoms with Crippen molar-refractivity contribution < 1.29 is 14.3 Å². The van der Waals surface area contributed by atoms with Gasteiger partial charge >= 0.3 is 6.09 Å². The van der Waals surface area contributed by atoms with Crippen LogP contribution in [-0.2, 0) is 16.0 Å². The Labute approximate surface area is 191 Å². The Kier molecular flexibility index (Phi) is 7.07. The third-order valence-electron chi connectivity index (χ3n) is 5.53. The highest BCUT2D eigenvalue weighted by molar-refractivity contribution is 6.05. The first-order valence-corrected chi connectivity index (χ1v) is 11.1. The number of carbonyl (C=O) groups excluding carboxylic acids is 2. The number of amides is 2. The smallest absolute Gasteiger partial charge is 0.417 e. The van der Waals surface area contributed by atoms with Crippen molar-refractivity contribution >= 4 is 12.0 Å². The monoisotopic (exact) mass is 434 g/mol. The molecular formula is C27H34N2O3. The van der Waals surface area contributed by atoms with E-state index in [0.29, 0.717) is 12.0 Å². The maximum atomic E-state index is 13.1. The lowest BCUT2D eigenvalue weighted by Gasteiger charge is -2.30. The molecule has 1 fully saturated rings. The van der Waals surface area contributed by atoms with E-state index >= 15 is 0 Å². The van der Waals surface area contributed by atoms with E-state index < -0.39 is 11.7 Å². The molecule has 0 radical (unpaired) electrons. The molecule has 1 unspecified atom stereocenters. The number of imide groups is 1. The van der Waals surface area contributed by atoms with Crippen LogP contribution in [0.5, 0.6) is 0 Å². The molecule has 2 amide bonds. The molecule has 1 heterocycles. The summed E-state index contributed by atoms with van der Waals surface area (Å²) in [5, 5.41) is 0. The Morgan fingerprint density at radius 2 is 1.69 bits per heavy atom. The standard InChI is InChI=1S/C27H34N2O3/c1-19(16-20-12-14-22(15-13-20)21-10-8-7-9-11-21)24-17-23(18-28(5)6)25(30)29(24)26(31)32-27(2,3)4/h7-15,18-19,24H,16-17H2,1-6H3/b23-18+/t19-,24?/m0/s1. The van der Waals surface area contributed by atoms with Gasteiger partial charge in [-0.05, 0) is 49.8 Å². The summed E-state index contributed by atoms with van der Waals surface area (Å²) < 4.78 is 5.57. The van der Waals surface area contributed by atoms with Crippen LogP contribution in [0, 0.1) is 5.92 Å². The Balaban J connectivity index is 1.79. The van der Waals surface area contributed by atoms with E-state index in [4.69, 9.17) is 4.74 Å². The molecule has 0 aliphatic carbocycles. The van der Waals surface area contributed by atoms with Crippen LogP contribution in [0.4, 0.5) is 4.79 Å². The number of benzene rings is 2. The Hall–Kier alpha value is -3.08. The number of hydrogen-bond acceptors (Lipinski definition) is 4. The molecule has 1 aliphatic rings. The van der Waals surface area contributed by atoms with E-state index in [9.17, 15) is 9.59 Å². The number of likely N-dealkylation sites (tertiary alicyclic amines) is 1. The van der Waals surface area contributed by atoms with Gasteiger partial charge in [0.25, 0.3) is 5.91 Å². The van der Waals surface area contributed by atoms with Gasteiger partial charge in [0.05, 0.1) is 6.04 Å². The maximum absolute atomic E-state index is 13.1. The summed E-state index contributed by atoms with van der Waals surface area (Å²) in [6, 6.07) is 18.5. The van der Waals surface area contributed by atoms with E-state index in [-0.39, 0.29) is 17.9 Å². The second-order valence-electron chi connectivity index (χ2n) is 9.79. The average molecular weight is 435 g/mol. The number of nitrogens with zero attached hydrogens (tertiary/aromatic N) is 2. The molecule has 1 aliphatic heterocycles. The quantitative estimate of drug-likeness (QED) is 0.582. The van der Waals surface area contributed by atoms with Crippen molar-refractivity contribution in [3.63, 3.8) is 0 Å². The normalized spacial score (nSPS) is 18.7. The van der Waals surface area contributed by atoms with Crippen molar-refractivity contribution in [1.82, 2.24) is 9.80 Å². The third kappa shape index (κ3) is 5.78. The highest BCUT2D eigenvalue weighted by Gasteiger charge is 2.44. The number of rotatable bonds is 5. The van der Waals surface area contributed by atoms with Gasteiger partial charge in [0.15, 0.2) is 0 Å². The molecule has 5 heteroatoms. The van der Waals surface area contributed by atoms with E-state index in [0.717, 1.165) is 6.42 Å². The van der Waals surface area contributed by atoms with E-state index in [1.54, 1.807) is 6.20 Å². The molecule has 32 heavy (non-hydrogen) atoms. The molecule has 0 bridgehead atoms. The molecule has 2 aromatic rings. The Bertz CT molecular complexity index is 972. The first-order chi connectivity index (χ1) is 15.0. The molecule has 5 nitrogen and oxygen atoms in total. The molecule has 2 aromatic carbocycles. The van der Waals surface area contributed by atoms with Gasteiger partial charge in [0.1, 0.15) is 5.60 Å². The molecule has 0 aromatic heterocycles. The lowest BCUT2D eigenvalue weighted by atomic mass is 9.91. The van der Waals surface area contributed by atoms with Crippen molar-refractivity contribution in [2.75, 3.05) is 14.1 Å². The van der Waals surface area contributed by atoms with Gasteiger partial charge in [-0.15, -0.1) is 0 Å². The van der Waals surface area contributed by atoms with Gasteiger partial charge in [-0.1, -0.05) is 61.5 Å². The highest BCUT2D eigenvalue weighted by atomic mass is 16.6. The van der Waals surface area contributed by atoms with Crippen molar-refractivity contribution in [2.24, 2.45) is 5.92 Å². The first kappa shape index (κ1) is 23.6. The number of hydrogen-bond donors (Lipinski definition) is 0. The highest BCUT2D eigenvalue weighted by Crippen LogP contribution is 2.33. The predicted molar refractivity (Wildman–Crippen MR) is 128 cm³/mol. The first-order valence-electron chi connectivity index (χ1n) is 11.1. The summed E-state index contributed by atoms with van der Waals surface area (Å²) in [5.74, 6) is -0.175. The van der Waals surface area contributed by atoms with E-state index in [2.05, 4.69) is 43.3 Å². The summed E-state index contributed by atoms with van der Waals surface area (Å²) >= 11 is 0. The van der Waals surface area contributed by atoms with Crippen LogP contribution in [0.25, 0.3) is 11.1 Å². The minimum atomic E-state index is -0.660. The van der Waals surface area contributed by atoms with Crippen LogP contribution in [0.15, 0.2) is 66.4 Å². The summed E-state index contributed by atoms with van der Waals surface area (Å²) in [6.07, 6.45) is 2.53. The van der Waals surface area contributed by atoms with Crippen molar-refractivity contribution in [2.45, 2.75) is 52.2 Å². The number of carbonyl (C=O) groups is 2. The van der Waals surface area contributed by atoms with Gasteiger partial charge in [0.2, 0.25) is 0 Å². The summed E-state index contributed by atoms with van der Waals surface area (Å²) in [5.41, 5.74) is 3.51. The van der Waals surface area contributed by atoms with Crippen LogP contribution in [0.2, 0.25) is 0 Å². The molecule has 3 rings (SSSR count). The lowest BCUT2D eigenvalue weighted by molar-refractivity contribution is -0.126. The molecule has 1 saturated heterocycles. The lowest BCUT2D eigenvalue weighted by Crippen LogP contribution is -2.45. The zero-order valence-corrected chi connectivity index (χ0v) is 20.0. The van der Waals surface area contributed by atoms with Gasteiger partial charge in [0, 0.05) is 32.3 Å². The molecule has 0 saturated carbocycles. The molecule has 170 valence electrons. The van der Waals surface area contributed by atoms with Crippen LogP contribution in [-0.4, -0.2) is 47.5 Å². The van der Waals surface area contributed by atoms with Crippen LogP contribution < -0.4 is 0 Å². The average Bonchev–Trinajstić information content (AvgIpc) is 3.04. The van der Waals surface area contributed by atoms with E-state index in [1.807, 2.05) is 58.0 Å². The van der Waals surface area contributed by atoms with Crippen molar-refractivity contribution in [1.29, 1.82) is 0 Å². The third-order valence-corrected chi connectivity index (χ3v) is 5.53. The fourth-order valence-corrected chi connectivity index (χ4v) is 4.09. The summed E-state index contributed by atoms with van der Waals surface area (Å²) in [7, 11) is 3.76. The molecular weight excluding hydrogens is 400 g/mol. The zero-order chi connectivity index (χ0) is 23.5. The molecule has 2 atom stereocenters. The zero-order valence-electron chi connectivity index (χ0n) is 20.0. The van der Waals surface area contributed by atoms with Crippen LogP contribution >= 0.6 is 0 Å². The fraction of sp³-hybridized carbons (Fsp3) is 0.407. The minimum Gasteiger partial charge on any atom is -0.443 e. The molecule has 0 N–H and O–H groups in total. The second-order valence-corrected chi connectivity index (χ2v) is 9.79. The summed E-state index contributed by atoms with van der Waals surface area (Å²) in [6.45, 7) is 7.54. The van der Waals surface area contributed by atoms with Crippen LogP contribution in [0.3, 0.4) is 0 Å². The minimum absolute atomic E-state index is 0.0853. The van der Waals surface area contributed by atoms with E-state index in [1.165, 1.54) is 21.6 Å². The fourth-order valence-electron chi connectivity index (χ4n) is 4.09. The van der Waals surface area contributed by atoms with Gasteiger partial charge < -0.3 is 9.64 Å². The van der Waals surface area contributed by atoms with Gasteiger partial charge in [-0.3, -0.25) is 4.79 Å². The Morgan fingerprint density at radius 3 is 2.25 bits per heavy atom. The van der Waals surface area contributed by atoms with Crippen LogP contribution in [0.1, 0.15) is 39.7 Å². The largest absolute Gasteiger partial charge is 0.443 e. The Morgan fingerprint density at radius 1 is 1.09 bits per heavy atom. The number of ether oxygens (including phenoxy) is 1. The maximum Gasteiger partial charge on any atom is 0.417 e. The SMILES string of the molecule is C[C@@H](Cc1ccc(-c2ccccc2)cc1)C1C/C(=C\N(C)C)C(=O)N1C(=O)OC(C)(C)C. The van der Waals surface area contributed by atoms with Crippen molar-refractivity contribution in [3.8, 4) is 11.1 Å². The predicted octanol–water partition coefficient (Wildman–Crippen LogP) is 5.51. The summed E-state index contributed by atoms with van der Waals surface area (Å²) in [4.78, 5) is 29.1. The van der Waals surface area contributed by atoms with Crippen molar-refractivity contribution in [3.05, 3.63) is 71.9 Å². The van der Waals surface area contributed by atoms with Gasteiger partial charge in [-0.2, -0.15) is 0 Å². The second kappa shape index (κ2) is 9.60. The van der Waals surface area contributed by atoms with Gasteiger partial charge in [-0.25, -0.2) is 9.69 Å². The topological polar surface area (TPSA) is 49.9 Å². The molecule has 0 spiro atoms.